The molecule has 0 saturated heterocycles. The minimum absolute atomic E-state index is 0.0540. The van der Waals surface area contributed by atoms with Gasteiger partial charge in [0.25, 0.3) is 0 Å². The largest absolute Gasteiger partial charge is 0.468 e. The Balaban J connectivity index is 2.84. The fourth-order valence-corrected chi connectivity index (χ4v) is 2.85. The fraction of sp³-hybridized carbons (Fsp3) is 0.500. The highest BCUT2D eigenvalue weighted by molar-refractivity contribution is 8.33. The Morgan fingerprint density at radius 1 is 1.50 bits per heavy atom. The van der Waals surface area contributed by atoms with E-state index >= 15 is 0 Å². The zero-order chi connectivity index (χ0) is 12.2. The molecular formula is C12H19NO2S. The van der Waals surface area contributed by atoms with Crippen LogP contribution >= 0.6 is 10.0 Å². The highest BCUT2D eigenvalue weighted by atomic mass is 32.3. The molecule has 0 aliphatic heterocycles. The second-order valence-corrected chi connectivity index (χ2v) is 8.94. The average molecular weight is 241 g/mol. The molecule has 1 aromatic rings. The van der Waals surface area contributed by atoms with Crippen LogP contribution in [0, 0.1) is 0 Å². The van der Waals surface area contributed by atoms with Gasteiger partial charge < -0.3 is 4.74 Å². The molecule has 0 aliphatic rings. The Morgan fingerprint density at radius 2 is 2.19 bits per heavy atom. The van der Waals surface area contributed by atoms with Gasteiger partial charge >= 0.3 is 5.97 Å². The standard InChI is InChI=1S/C12H19NO2S/c1-15-12(14)11(16(2,3)4)8-10-6-5-7-13-9-10/h5-7,9,11H,8H2,1-4H3. The fourth-order valence-electron chi connectivity index (χ4n) is 1.49. The summed E-state index contributed by atoms with van der Waals surface area (Å²) in [5, 5.41) is -0.0540. The van der Waals surface area contributed by atoms with Crippen LogP contribution in [0.1, 0.15) is 5.56 Å². The van der Waals surface area contributed by atoms with Gasteiger partial charge in [-0.3, -0.25) is 9.78 Å². The van der Waals surface area contributed by atoms with E-state index in [4.69, 9.17) is 4.74 Å². The van der Waals surface area contributed by atoms with Crippen molar-refractivity contribution in [2.45, 2.75) is 11.7 Å². The number of pyridine rings is 1. The summed E-state index contributed by atoms with van der Waals surface area (Å²) in [5.41, 5.74) is 1.08. The minimum atomic E-state index is -0.977. The summed E-state index contributed by atoms with van der Waals surface area (Å²) < 4.78 is 4.87. The van der Waals surface area contributed by atoms with E-state index in [1.165, 1.54) is 7.11 Å². The molecule has 0 fully saturated rings. The van der Waals surface area contributed by atoms with E-state index in [9.17, 15) is 4.79 Å². The Hall–Kier alpha value is -1.03. The molecule has 0 N–H and O–H groups in total. The van der Waals surface area contributed by atoms with Gasteiger partial charge in [-0.15, -0.1) is 0 Å². The molecule has 1 rings (SSSR count). The van der Waals surface area contributed by atoms with Crippen molar-refractivity contribution in [1.82, 2.24) is 4.98 Å². The first-order valence-corrected chi connectivity index (χ1v) is 8.01. The van der Waals surface area contributed by atoms with Gasteiger partial charge in [0.05, 0.1) is 12.4 Å². The maximum atomic E-state index is 11.7. The van der Waals surface area contributed by atoms with Crippen molar-refractivity contribution in [2.24, 2.45) is 0 Å². The number of carbonyl (C=O) groups is 1. The van der Waals surface area contributed by atoms with E-state index in [1.807, 2.05) is 12.1 Å². The number of ether oxygens (including phenoxy) is 1. The maximum Gasteiger partial charge on any atom is 0.317 e. The van der Waals surface area contributed by atoms with E-state index in [0.29, 0.717) is 6.42 Å². The quantitative estimate of drug-likeness (QED) is 0.755. The molecule has 90 valence electrons. The molecule has 0 amide bonds. The lowest BCUT2D eigenvalue weighted by Crippen LogP contribution is -2.29. The van der Waals surface area contributed by atoms with Gasteiger partial charge in [-0.1, -0.05) is 6.07 Å². The van der Waals surface area contributed by atoms with Crippen LogP contribution in [-0.2, 0) is 16.0 Å². The molecule has 0 spiro atoms. The Morgan fingerprint density at radius 3 is 2.62 bits per heavy atom. The summed E-state index contributed by atoms with van der Waals surface area (Å²) >= 11 is 0. The maximum absolute atomic E-state index is 11.7. The van der Waals surface area contributed by atoms with E-state index in [2.05, 4.69) is 23.8 Å². The molecule has 1 aromatic heterocycles. The molecule has 1 unspecified atom stereocenters. The molecule has 0 saturated carbocycles. The molecule has 0 aromatic carbocycles. The monoisotopic (exact) mass is 241 g/mol. The van der Waals surface area contributed by atoms with Crippen molar-refractivity contribution in [2.75, 3.05) is 25.9 Å². The van der Waals surface area contributed by atoms with Crippen molar-refractivity contribution in [3.8, 4) is 0 Å². The van der Waals surface area contributed by atoms with Crippen LogP contribution in [0.25, 0.3) is 0 Å². The molecule has 1 atom stereocenters. The Bertz CT molecular complexity index is 346. The van der Waals surface area contributed by atoms with E-state index in [1.54, 1.807) is 12.4 Å². The summed E-state index contributed by atoms with van der Waals surface area (Å²) in [6.07, 6.45) is 10.6. The van der Waals surface area contributed by atoms with Crippen LogP contribution in [0.2, 0.25) is 0 Å². The Kier molecular flexibility index (Phi) is 4.35. The van der Waals surface area contributed by atoms with Gasteiger partial charge in [-0.05, 0) is 36.8 Å². The molecular weight excluding hydrogens is 222 g/mol. The number of nitrogens with zero attached hydrogens (tertiary/aromatic N) is 1. The third kappa shape index (κ3) is 3.52. The van der Waals surface area contributed by atoms with Crippen LogP contribution in [0.5, 0.6) is 0 Å². The van der Waals surface area contributed by atoms with Gasteiger partial charge in [0.15, 0.2) is 0 Å². The smallest absolute Gasteiger partial charge is 0.317 e. The summed E-state index contributed by atoms with van der Waals surface area (Å²) in [5.74, 6) is -0.119. The first-order valence-electron chi connectivity index (χ1n) is 5.09. The first-order chi connectivity index (χ1) is 7.45. The Labute approximate surface area is 98.5 Å². The minimum Gasteiger partial charge on any atom is -0.468 e. The van der Waals surface area contributed by atoms with Crippen LogP contribution in [0.3, 0.4) is 0 Å². The lowest BCUT2D eigenvalue weighted by Gasteiger charge is -2.33. The van der Waals surface area contributed by atoms with E-state index in [-0.39, 0.29) is 11.2 Å². The number of aromatic nitrogens is 1. The van der Waals surface area contributed by atoms with Gasteiger partial charge in [-0.2, -0.15) is 0 Å². The topological polar surface area (TPSA) is 39.2 Å². The molecule has 0 radical (unpaired) electrons. The van der Waals surface area contributed by atoms with Crippen molar-refractivity contribution in [3.05, 3.63) is 30.1 Å². The van der Waals surface area contributed by atoms with Crippen molar-refractivity contribution >= 4 is 16.0 Å². The van der Waals surface area contributed by atoms with Crippen LogP contribution < -0.4 is 0 Å². The van der Waals surface area contributed by atoms with Gasteiger partial charge in [0, 0.05) is 12.4 Å². The number of hydrogen-bond donors (Lipinski definition) is 0. The second kappa shape index (κ2) is 5.34. The molecule has 3 nitrogen and oxygen atoms in total. The average Bonchev–Trinajstić information content (AvgIpc) is 2.25. The van der Waals surface area contributed by atoms with Crippen LogP contribution in [0.4, 0.5) is 0 Å². The van der Waals surface area contributed by atoms with Crippen molar-refractivity contribution < 1.29 is 9.53 Å². The van der Waals surface area contributed by atoms with Crippen molar-refractivity contribution in [3.63, 3.8) is 0 Å². The predicted octanol–water partition coefficient (Wildman–Crippen LogP) is 1.86. The zero-order valence-electron chi connectivity index (χ0n) is 10.3. The second-order valence-electron chi connectivity index (χ2n) is 4.51. The number of methoxy groups -OCH3 is 1. The summed E-state index contributed by atoms with van der Waals surface area (Å²) in [6.45, 7) is 0. The van der Waals surface area contributed by atoms with Crippen molar-refractivity contribution in [1.29, 1.82) is 0 Å². The lowest BCUT2D eigenvalue weighted by molar-refractivity contribution is -0.140. The molecule has 16 heavy (non-hydrogen) atoms. The number of esters is 1. The molecule has 1 heterocycles. The first kappa shape index (κ1) is 13.0. The lowest BCUT2D eigenvalue weighted by atomic mass is 10.1. The third-order valence-corrected chi connectivity index (χ3v) is 4.53. The van der Waals surface area contributed by atoms with Gasteiger partial charge in [0.1, 0.15) is 0 Å². The molecule has 0 bridgehead atoms. The third-order valence-electron chi connectivity index (χ3n) is 2.46. The van der Waals surface area contributed by atoms with Gasteiger partial charge in [-0.25, -0.2) is 10.0 Å². The summed E-state index contributed by atoms with van der Waals surface area (Å²) in [6, 6.07) is 3.88. The summed E-state index contributed by atoms with van der Waals surface area (Å²) in [4.78, 5) is 15.8. The highest BCUT2D eigenvalue weighted by Gasteiger charge is 2.28. The number of hydrogen-bond acceptors (Lipinski definition) is 3. The normalized spacial score (nSPS) is 14.2. The van der Waals surface area contributed by atoms with Gasteiger partial charge in [0.2, 0.25) is 0 Å². The predicted molar refractivity (Wildman–Crippen MR) is 69.1 cm³/mol. The van der Waals surface area contributed by atoms with Crippen LogP contribution in [-0.4, -0.2) is 42.1 Å². The molecule has 0 aliphatic carbocycles. The van der Waals surface area contributed by atoms with E-state index in [0.717, 1.165) is 5.56 Å². The number of carbonyl (C=O) groups excluding carboxylic acids is 1. The van der Waals surface area contributed by atoms with Crippen LogP contribution in [0.15, 0.2) is 24.5 Å². The number of rotatable bonds is 4. The van der Waals surface area contributed by atoms with E-state index < -0.39 is 10.0 Å². The SMILES string of the molecule is COC(=O)C(Cc1cccnc1)S(C)(C)C. The summed E-state index contributed by atoms with van der Waals surface area (Å²) in [7, 11) is 0.471. The highest BCUT2D eigenvalue weighted by Crippen LogP contribution is 2.43. The molecule has 4 heteroatoms. The zero-order valence-corrected chi connectivity index (χ0v) is 11.1.